The number of para-hydroxylation sites is 4. The lowest BCUT2D eigenvalue weighted by Crippen LogP contribution is -1.93. The summed E-state index contributed by atoms with van der Waals surface area (Å²) in [6, 6.07) is 66.6. The molecule has 3 heterocycles. The minimum absolute atomic E-state index is 1.17. The number of hydrogen-bond donors (Lipinski definition) is 0. The zero-order valence-corrected chi connectivity index (χ0v) is 28.4. The van der Waals surface area contributed by atoms with Crippen LogP contribution < -0.4 is 0 Å². The summed E-state index contributed by atoms with van der Waals surface area (Å²) >= 11 is 1.89. The van der Waals surface area contributed by atoms with Crippen molar-refractivity contribution < 1.29 is 0 Å². The highest BCUT2D eigenvalue weighted by atomic mass is 32.1. The van der Waals surface area contributed by atoms with Gasteiger partial charge in [-0.2, -0.15) is 0 Å². The normalized spacial score (nSPS) is 11.9. The van der Waals surface area contributed by atoms with E-state index in [2.05, 4.69) is 191 Å². The van der Waals surface area contributed by atoms with Gasteiger partial charge in [0, 0.05) is 53.1 Å². The fourth-order valence-corrected chi connectivity index (χ4v) is 9.52. The summed E-state index contributed by atoms with van der Waals surface area (Å²) in [4.78, 5) is 0. The van der Waals surface area contributed by atoms with Crippen LogP contribution in [0, 0.1) is 0 Å². The molecule has 0 aliphatic carbocycles. The number of benzene rings is 8. The third-order valence-corrected chi connectivity index (χ3v) is 11.6. The molecular formula is C48H30N2S. The monoisotopic (exact) mass is 666 g/mol. The van der Waals surface area contributed by atoms with Crippen LogP contribution in [0.3, 0.4) is 0 Å². The first-order chi connectivity index (χ1) is 25.3. The topological polar surface area (TPSA) is 9.86 Å². The number of thiophene rings is 1. The summed E-state index contributed by atoms with van der Waals surface area (Å²) in [6.45, 7) is 0. The Kier molecular flexibility index (Phi) is 6.16. The van der Waals surface area contributed by atoms with Crippen molar-refractivity contribution in [2.45, 2.75) is 0 Å². The van der Waals surface area contributed by atoms with Crippen molar-refractivity contribution in [2.24, 2.45) is 0 Å². The molecule has 0 atom stereocenters. The lowest BCUT2D eigenvalue weighted by Gasteiger charge is -2.13. The molecular weight excluding hydrogens is 637 g/mol. The van der Waals surface area contributed by atoms with Gasteiger partial charge in [0.15, 0.2) is 0 Å². The first kappa shape index (κ1) is 28.4. The Morgan fingerprint density at radius 2 is 0.902 bits per heavy atom. The van der Waals surface area contributed by atoms with Crippen molar-refractivity contribution in [3.63, 3.8) is 0 Å². The van der Waals surface area contributed by atoms with Gasteiger partial charge in [-0.05, 0) is 89.0 Å². The highest BCUT2D eigenvalue weighted by molar-refractivity contribution is 7.26. The highest BCUT2D eigenvalue weighted by Gasteiger charge is 2.20. The molecule has 0 spiro atoms. The van der Waals surface area contributed by atoms with Crippen molar-refractivity contribution in [1.29, 1.82) is 0 Å². The molecule has 0 fully saturated rings. The first-order valence-electron chi connectivity index (χ1n) is 17.4. The maximum atomic E-state index is 2.45. The van der Waals surface area contributed by atoms with E-state index in [1.165, 1.54) is 97.4 Å². The summed E-state index contributed by atoms with van der Waals surface area (Å²) in [5.41, 5.74) is 12.2. The molecule has 0 aliphatic heterocycles. The Hall–Kier alpha value is -6.42. The van der Waals surface area contributed by atoms with E-state index < -0.39 is 0 Å². The molecule has 238 valence electrons. The Bertz CT molecular complexity index is 3130. The molecule has 2 nitrogen and oxygen atoms in total. The van der Waals surface area contributed by atoms with Crippen LogP contribution in [-0.2, 0) is 0 Å². The summed E-state index contributed by atoms with van der Waals surface area (Å²) in [5.74, 6) is 0. The van der Waals surface area contributed by atoms with Crippen LogP contribution in [0.15, 0.2) is 182 Å². The zero-order chi connectivity index (χ0) is 33.5. The lowest BCUT2D eigenvalue weighted by atomic mass is 9.92. The van der Waals surface area contributed by atoms with Crippen molar-refractivity contribution in [3.8, 4) is 33.6 Å². The summed E-state index contributed by atoms with van der Waals surface area (Å²) in [7, 11) is 0. The van der Waals surface area contributed by atoms with Gasteiger partial charge in [-0.1, -0.05) is 115 Å². The van der Waals surface area contributed by atoms with E-state index >= 15 is 0 Å². The van der Waals surface area contributed by atoms with Crippen molar-refractivity contribution >= 4 is 75.1 Å². The third-order valence-electron chi connectivity index (χ3n) is 10.5. The second-order valence-electron chi connectivity index (χ2n) is 13.3. The van der Waals surface area contributed by atoms with Crippen molar-refractivity contribution in [1.82, 2.24) is 9.13 Å². The van der Waals surface area contributed by atoms with Crippen LogP contribution in [0.2, 0.25) is 0 Å². The van der Waals surface area contributed by atoms with E-state index in [-0.39, 0.29) is 0 Å². The summed E-state index contributed by atoms with van der Waals surface area (Å²) in [6.07, 6.45) is 0. The molecule has 11 aromatic rings. The second kappa shape index (κ2) is 11.0. The van der Waals surface area contributed by atoms with Gasteiger partial charge < -0.3 is 9.13 Å². The van der Waals surface area contributed by atoms with Crippen LogP contribution in [-0.4, -0.2) is 9.13 Å². The minimum atomic E-state index is 1.17. The quantitative estimate of drug-likeness (QED) is 0.177. The van der Waals surface area contributed by atoms with Crippen molar-refractivity contribution in [3.05, 3.63) is 182 Å². The fraction of sp³-hybridized carbons (Fsp3) is 0. The molecule has 11 rings (SSSR count). The molecule has 0 bridgehead atoms. The molecule has 0 radical (unpaired) electrons. The van der Waals surface area contributed by atoms with E-state index in [0.717, 1.165) is 0 Å². The molecule has 0 saturated heterocycles. The number of aromatic nitrogens is 2. The molecule has 0 amide bonds. The largest absolute Gasteiger partial charge is 0.309 e. The SMILES string of the molecule is c1ccc(-n2c3ccccc3c3ccc(-c4cc(-c5cccc6c5c5ccccc5n6-c5ccccc5)cc5sc6ccccc6c45)cc32)cc1. The smallest absolute Gasteiger partial charge is 0.0547 e. The Balaban J connectivity index is 1.23. The average Bonchev–Trinajstić information content (AvgIpc) is 3.85. The van der Waals surface area contributed by atoms with Crippen LogP contribution in [0.1, 0.15) is 0 Å². The van der Waals surface area contributed by atoms with Gasteiger partial charge in [-0.25, -0.2) is 0 Å². The number of hydrogen-bond acceptors (Lipinski definition) is 1. The van der Waals surface area contributed by atoms with Crippen LogP contribution in [0.4, 0.5) is 0 Å². The lowest BCUT2D eigenvalue weighted by molar-refractivity contribution is 1.18. The van der Waals surface area contributed by atoms with Gasteiger partial charge in [0.2, 0.25) is 0 Å². The van der Waals surface area contributed by atoms with Crippen LogP contribution >= 0.6 is 11.3 Å². The number of rotatable bonds is 4. The zero-order valence-electron chi connectivity index (χ0n) is 27.6. The van der Waals surface area contributed by atoms with E-state index in [1.54, 1.807) is 0 Å². The molecule has 8 aromatic carbocycles. The van der Waals surface area contributed by atoms with Crippen molar-refractivity contribution in [2.75, 3.05) is 0 Å². The van der Waals surface area contributed by atoms with Gasteiger partial charge in [-0.15, -0.1) is 11.3 Å². The van der Waals surface area contributed by atoms with E-state index in [0.29, 0.717) is 0 Å². The van der Waals surface area contributed by atoms with Gasteiger partial charge in [0.05, 0.1) is 22.1 Å². The van der Waals surface area contributed by atoms with Gasteiger partial charge in [0.1, 0.15) is 0 Å². The molecule has 3 aromatic heterocycles. The second-order valence-corrected chi connectivity index (χ2v) is 14.4. The minimum Gasteiger partial charge on any atom is -0.309 e. The van der Waals surface area contributed by atoms with E-state index in [1.807, 2.05) is 11.3 Å². The highest BCUT2D eigenvalue weighted by Crippen LogP contribution is 2.46. The number of fused-ring (bicyclic) bond motifs is 9. The van der Waals surface area contributed by atoms with Crippen LogP contribution in [0.5, 0.6) is 0 Å². The predicted molar refractivity (Wildman–Crippen MR) is 219 cm³/mol. The molecule has 0 aliphatic rings. The van der Waals surface area contributed by atoms with Gasteiger partial charge >= 0.3 is 0 Å². The standard InChI is InChI=1S/C48H30N2S/c1-3-14-33(15-4-1)49-42-23-11-8-19-38(42)47-35(21-13-24-43(47)49)32-28-40(48-39-20-9-12-25-45(39)51-46(48)30-32)31-26-27-37-36-18-7-10-22-41(36)50(44(37)29-31)34-16-5-2-6-17-34/h1-30H. The third kappa shape index (κ3) is 4.22. The summed E-state index contributed by atoms with van der Waals surface area (Å²) in [5, 5.41) is 7.70. The average molecular weight is 667 g/mol. The Morgan fingerprint density at radius 1 is 0.314 bits per heavy atom. The Morgan fingerprint density at radius 3 is 1.67 bits per heavy atom. The fourth-order valence-electron chi connectivity index (χ4n) is 8.35. The molecule has 0 unspecified atom stereocenters. The van der Waals surface area contributed by atoms with E-state index in [4.69, 9.17) is 0 Å². The maximum absolute atomic E-state index is 2.45. The maximum Gasteiger partial charge on any atom is 0.0547 e. The number of nitrogens with zero attached hydrogens (tertiary/aromatic N) is 2. The first-order valence-corrected chi connectivity index (χ1v) is 18.3. The molecule has 0 saturated carbocycles. The van der Waals surface area contributed by atoms with E-state index in [9.17, 15) is 0 Å². The van der Waals surface area contributed by atoms with Crippen LogP contribution in [0.25, 0.3) is 97.4 Å². The molecule has 51 heavy (non-hydrogen) atoms. The molecule has 0 N–H and O–H groups in total. The van der Waals surface area contributed by atoms with Gasteiger partial charge in [0.25, 0.3) is 0 Å². The molecule has 3 heteroatoms. The van der Waals surface area contributed by atoms with Gasteiger partial charge in [-0.3, -0.25) is 0 Å². The Labute approximate surface area is 298 Å². The predicted octanol–water partition coefficient (Wildman–Crippen LogP) is 13.6. The summed E-state index contributed by atoms with van der Waals surface area (Å²) < 4.78 is 7.43.